The van der Waals surface area contributed by atoms with E-state index in [1.54, 1.807) is 0 Å². The predicted octanol–water partition coefficient (Wildman–Crippen LogP) is 1.74. The molecule has 1 aromatic rings. The third-order valence-corrected chi connectivity index (χ3v) is 4.07. The molecular weight excluding hydrogens is 248 g/mol. The fraction of sp³-hybridized carbons (Fsp3) is 0.455. The van der Waals surface area contributed by atoms with Gasteiger partial charge in [0.2, 0.25) is 0 Å². The van der Waals surface area contributed by atoms with Gasteiger partial charge in [-0.15, -0.1) is 0 Å². The first-order valence-corrected chi connectivity index (χ1v) is 7.01. The van der Waals surface area contributed by atoms with E-state index < -0.39 is 21.5 Å². The van der Waals surface area contributed by atoms with Crippen LogP contribution in [0.4, 0.5) is 8.78 Å². The van der Waals surface area contributed by atoms with E-state index in [2.05, 4.69) is 5.32 Å². The Morgan fingerprint density at radius 1 is 1.24 bits per heavy atom. The fourth-order valence-electron chi connectivity index (χ4n) is 1.35. The summed E-state index contributed by atoms with van der Waals surface area (Å²) in [5, 5.41) is 2.99. The lowest BCUT2D eigenvalue weighted by atomic mass is 10.3. The van der Waals surface area contributed by atoms with Crippen molar-refractivity contribution in [3.05, 3.63) is 29.8 Å². The lowest BCUT2D eigenvalue weighted by Crippen LogP contribution is -2.18. The average Bonchev–Trinajstić information content (AvgIpc) is 2.28. The highest BCUT2D eigenvalue weighted by molar-refractivity contribution is 7.91. The van der Waals surface area contributed by atoms with Gasteiger partial charge in [0.1, 0.15) is 0 Å². The molecule has 0 amide bonds. The van der Waals surface area contributed by atoms with E-state index in [0.717, 1.165) is 24.7 Å². The van der Waals surface area contributed by atoms with E-state index >= 15 is 0 Å². The van der Waals surface area contributed by atoms with Crippen LogP contribution in [0.25, 0.3) is 0 Å². The molecule has 0 aliphatic heterocycles. The van der Waals surface area contributed by atoms with Gasteiger partial charge in [-0.25, -0.2) is 17.2 Å². The van der Waals surface area contributed by atoms with Gasteiger partial charge in [0.25, 0.3) is 0 Å². The molecule has 0 saturated carbocycles. The summed E-state index contributed by atoms with van der Waals surface area (Å²) in [6.07, 6.45) is 0.440. The van der Waals surface area contributed by atoms with E-state index in [1.807, 2.05) is 6.92 Å². The highest BCUT2D eigenvalue weighted by atomic mass is 32.2. The van der Waals surface area contributed by atoms with Crippen molar-refractivity contribution in [1.82, 2.24) is 5.32 Å². The zero-order valence-corrected chi connectivity index (χ0v) is 10.4. The Labute approximate surface area is 99.8 Å². The number of sulfone groups is 1. The normalized spacial score (nSPS) is 11.7. The maximum atomic E-state index is 12.9. The summed E-state index contributed by atoms with van der Waals surface area (Å²) in [5.74, 6) is -2.26. The largest absolute Gasteiger partial charge is 0.317 e. The molecule has 0 radical (unpaired) electrons. The van der Waals surface area contributed by atoms with Crippen LogP contribution in [-0.2, 0) is 9.84 Å². The molecular formula is C11H15F2NO2S. The number of nitrogens with one attached hydrogen (secondary N) is 1. The molecule has 0 heterocycles. The molecule has 0 saturated heterocycles. The molecule has 0 bridgehead atoms. The second kappa shape index (κ2) is 6.07. The van der Waals surface area contributed by atoms with Crippen molar-refractivity contribution in [1.29, 1.82) is 0 Å². The van der Waals surface area contributed by atoms with Crippen LogP contribution >= 0.6 is 0 Å². The van der Waals surface area contributed by atoms with E-state index in [4.69, 9.17) is 0 Å². The van der Waals surface area contributed by atoms with Gasteiger partial charge in [0.05, 0.1) is 10.6 Å². The summed E-state index contributed by atoms with van der Waals surface area (Å²) >= 11 is 0. The Balaban J connectivity index is 2.72. The Morgan fingerprint density at radius 2 is 1.94 bits per heavy atom. The molecule has 0 fully saturated rings. The van der Waals surface area contributed by atoms with Gasteiger partial charge in [0, 0.05) is 0 Å². The van der Waals surface area contributed by atoms with Crippen LogP contribution in [0.2, 0.25) is 0 Å². The van der Waals surface area contributed by atoms with Crippen LogP contribution in [-0.4, -0.2) is 27.3 Å². The van der Waals surface area contributed by atoms with Gasteiger partial charge in [0.15, 0.2) is 21.5 Å². The quantitative estimate of drug-likeness (QED) is 0.628. The summed E-state index contributed by atoms with van der Waals surface area (Å²) in [6, 6.07) is 2.63. The Morgan fingerprint density at radius 3 is 2.53 bits per heavy atom. The van der Waals surface area contributed by atoms with Gasteiger partial charge >= 0.3 is 0 Å². The minimum absolute atomic E-state index is 0.0783. The zero-order valence-electron chi connectivity index (χ0n) is 9.54. The second-order valence-electron chi connectivity index (χ2n) is 3.60. The monoisotopic (exact) mass is 263 g/mol. The Hall–Kier alpha value is -1.01. The smallest absolute Gasteiger partial charge is 0.178 e. The third-order valence-electron chi connectivity index (χ3n) is 2.27. The van der Waals surface area contributed by atoms with Crippen molar-refractivity contribution in [2.75, 3.05) is 18.8 Å². The van der Waals surface area contributed by atoms with Gasteiger partial charge in [-0.1, -0.05) is 6.92 Å². The van der Waals surface area contributed by atoms with Crippen molar-refractivity contribution in [3.63, 3.8) is 0 Å². The molecule has 0 aliphatic carbocycles. The molecule has 0 atom stereocenters. The van der Waals surface area contributed by atoms with E-state index in [0.29, 0.717) is 13.0 Å². The SMILES string of the molecule is CCNCCCS(=O)(=O)c1ccc(F)c(F)c1. The lowest BCUT2D eigenvalue weighted by Gasteiger charge is -2.05. The standard InChI is InChI=1S/C11H15F2NO2S/c1-2-14-6-3-7-17(15,16)9-4-5-10(12)11(13)8-9/h4-5,8,14H,2-3,6-7H2,1H3. The fourth-order valence-corrected chi connectivity index (χ4v) is 2.67. The first kappa shape index (κ1) is 14.1. The number of hydrogen-bond donors (Lipinski definition) is 1. The average molecular weight is 263 g/mol. The number of rotatable bonds is 6. The van der Waals surface area contributed by atoms with Crippen LogP contribution in [0.1, 0.15) is 13.3 Å². The van der Waals surface area contributed by atoms with Crippen molar-refractivity contribution in [3.8, 4) is 0 Å². The van der Waals surface area contributed by atoms with Gasteiger partial charge in [-0.2, -0.15) is 0 Å². The third kappa shape index (κ3) is 4.05. The van der Waals surface area contributed by atoms with E-state index in [9.17, 15) is 17.2 Å². The highest BCUT2D eigenvalue weighted by Gasteiger charge is 2.16. The maximum Gasteiger partial charge on any atom is 0.178 e. The number of hydrogen-bond acceptors (Lipinski definition) is 3. The lowest BCUT2D eigenvalue weighted by molar-refractivity contribution is 0.504. The van der Waals surface area contributed by atoms with Gasteiger partial charge in [-0.3, -0.25) is 0 Å². The number of halogens is 2. The van der Waals surface area contributed by atoms with Crippen molar-refractivity contribution in [2.24, 2.45) is 0 Å². The molecule has 1 aromatic carbocycles. The molecule has 96 valence electrons. The first-order valence-electron chi connectivity index (χ1n) is 5.36. The van der Waals surface area contributed by atoms with Crippen LogP contribution in [0.5, 0.6) is 0 Å². The first-order chi connectivity index (χ1) is 7.97. The van der Waals surface area contributed by atoms with Crippen LogP contribution < -0.4 is 5.32 Å². The highest BCUT2D eigenvalue weighted by Crippen LogP contribution is 2.15. The van der Waals surface area contributed by atoms with Crippen molar-refractivity contribution < 1.29 is 17.2 Å². The predicted molar refractivity (Wildman–Crippen MR) is 61.6 cm³/mol. The van der Waals surface area contributed by atoms with Gasteiger partial charge in [-0.05, 0) is 37.7 Å². The maximum absolute atomic E-state index is 12.9. The van der Waals surface area contributed by atoms with Crippen molar-refractivity contribution in [2.45, 2.75) is 18.2 Å². The molecule has 0 unspecified atom stereocenters. The molecule has 1 N–H and O–H groups in total. The van der Waals surface area contributed by atoms with Gasteiger partial charge < -0.3 is 5.32 Å². The van der Waals surface area contributed by atoms with E-state index in [-0.39, 0.29) is 10.6 Å². The summed E-state index contributed by atoms with van der Waals surface area (Å²) < 4.78 is 49.0. The number of benzene rings is 1. The van der Waals surface area contributed by atoms with Crippen molar-refractivity contribution >= 4 is 9.84 Å². The summed E-state index contributed by atoms with van der Waals surface area (Å²) in [4.78, 5) is -0.173. The minimum atomic E-state index is -3.53. The Kier molecular flexibility index (Phi) is 5.02. The van der Waals surface area contributed by atoms with E-state index in [1.165, 1.54) is 0 Å². The van der Waals surface area contributed by atoms with Crippen LogP contribution in [0.3, 0.4) is 0 Å². The topological polar surface area (TPSA) is 46.2 Å². The molecule has 0 spiro atoms. The molecule has 1 rings (SSSR count). The molecule has 0 aliphatic rings. The molecule has 6 heteroatoms. The molecule has 3 nitrogen and oxygen atoms in total. The summed E-state index contributed by atoms with van der Waals surface area (Å²) in [5.41, 5.74) is 0. The minimum Gasteiger partial charge on any atom is -0.317 e. The second-order valence-corrected chi connectivity index (χ2v) is 5.71. The summed E-state index contributed by atoms with van der Waals surface area (Å²) in [6.45, 7) is 3.27. The summed E-state index contributed by atoms with van der Waals surface area (Å²) in [7, 11) is -3.53. The Bertz CT molecular complexity index is 474. The molecule has 0 aromatic heterocycles. The zero-order chi connectivity index (χ0) is 12.9. The van der Waals surface area contributed by atoms with Crippen LogP contribution in [0, 0.1) is 11.6 Å². The molecule has 17 heavy (non-hydrogen) atoms. The van der Waals surface area contributed by atoms with Crippen LogP contribution in [0.15, 0.2) is 23.1 Å².